The predicted octanol–water partition coefficient (Wildman–Crippen LogP) is 1.08. The van der Waals surface area contributed by atoms with Crippen molar-refractivity contribution in [3.8, 4) is 0 Å². The van der Waals surface area contributed by atoms with Crippen LogP contribution in [0, 0.1) is 0 Å². The summed E-state index contributed by atoms with van der Waals surface area (Å²) in [4.78, 5) is 24.4. The molecule has 1 amide bonds. The molecule has 0 aliphatic heterocycles. The van der Waals surface area contributed by atoms with E-state index in [9.17, 15) is 4.79 Å². The van der Waals surface area contributed by atoms with Gasteiger partial charge in [-0.05, 0) is 12.8 Å². The molecule has 5 nitrogen and oxygen atoms in total. The van der Waals surface area contributed by atoms with Gasteiger partial charge >= 0.3 is 0 Å². The monoisotopic (exact) mass is 207 g/mol. The van der Waals surface area contributed by atoms with Gasteiger partial charge in [-0.25, -0.2) is 10.5 Å². The third-order valence-corrected chi connectivity index (χ3v) is 2.42. The van der Waals surface area contributed by atoms with E-state index in [1.165, 1.54) is 31.4 Å². The summed E-state index contributed by atoms with van der Waals surface area (Å²) < 4.78 is 0. The van der Waals surface area contributed by atoms with E-state index in [1.807, 2.05) is 0 Å². The predicted molar refractivity (Wildman–Crippen MR) is 52.8 cm³/mol. The minimum absolute atomic E-state index is 0.158. The van der Waals surface area contributed by atoms with Crippen molar-refractivity contribution >= 4 is 5.91 Å². The second kappa shape index (κ2) is 4.84. The summed E-state index contributed by atoms with van der Waals surface area (Å²) in [5.41, 5.74) is 2.67. The fourth-order valence-corrected chi connectivity index (χ4v) is 1.61. The molecule has 0 unspecified atom stereocenters. The van der Waals surface area contributed by atoms with Crippen molar-refractivity contribution in [2.45, 2.75) is 31.8 Å². The van der Waals surface area contributed by atoms with Crippen molar-refractivity contribution < 1.29 is 9.63 Å². The van der Waals surface area contributed by atoms with Crippen LogP contribution in [0.15, 0.2) is 18.6 Å². The molecule has 1 aliphatic rings. The normalized spacial score (nSPS) is 16.5. The summed E-state index contributed by atoms with van der Waals surface area (Å²) >= 11 is 0. The Bertz CT molecular complexity index is 323. The smallest absolute Gasteiger partial charge is 0.270 e. The second-order valence-electron chi connectivity index (χ2n) is 3.55. The number of nitrogens with zero attached hydrogens (tertiary/aromatic N) is 2. The van der Waals surface area contributed by atoms with Gasteiger partial charge in [0.2, 0.25) is 0 Å². The highest BCUT2D eigenvalue weighted by molar-refractivity contribution is 5.91. The minimum Gasteiger partial charge on any atom is -0.270 e. The first kappa shape index (κ1) is 10.0. The van der Waals surface area contributed by atoms with Gasteiger partial charge in [0.1, 0.15) is 5.69 Å². The molecule has 80 valence electrons. The van der Waals surface area contributed by atoms with Crippen LogP contribution in [0.25, 0.3) is 0 Å². The van der Waals surface area contributed by atoms with Crippen molar-refractivity contribution in [3.05, 3.63) is 24.3 Å². The number of rotatable bonds is 3. The molecule has 15 heavy (non-hydrogen) atoms. The fraction of sp³-hybridized carbons (Fsp3) is 0.500. The van der Waals surface area contributed by atoms with Crippen LogP contribution < -0.4 is 5.48 Å². The van der Waals surface area contributed by atoms with Gasteiger partial charge in [-0.1, -0.05) is 12.8 Å². The van der Waals surface area contributed by atoms with E-state index in [2.05, 4.69) is 15.4 Å². The van der Waals surface area contributed by atoms with Crippen molar-refractivity contribution in [1.29, 1.82) is 0 Å². The summed E-state index contributed by atoms with van der Waals surface area (Å²) in [7, 11) is 0. The van der Waals surface area contributed by atoms with Crippen molar-refractivity contribution in [2.24, 2.45) is 0 Å². The Kier molecular flexibility index (Phi) is 3.24. The lowest BCUT2D eigenvalue weighted by Gasteiger charge is -2.10. The lowest BCUT2D eigenvalue weighted by atomic mass is 10.3. The van der Waals surface area contributed by atoms with Crippen LogP contribution in [0.5, 0.6) is 0 Å². The van der Waals surface area contributed by atoms with E-state index in [0.717, 1.165) is 12.8 Å². The van der Waals surface area contributed by atoms with Gasteiger partial charge in [-0.3, -0.25) is 14.6 Å². The highest BCUT2D eigenvalue weighted by Crippen LogP contribution is 2.19. The molecule has 1 aliphatic carbocycles. The van der Waals surface area contributed by atoms with Crippen LogP contribution in [0.2, 0.25) is 0 Å². The molecule has 0 bridgehead atoms. The Balaban J connectivity index is 1.82. The van der Waals surface area contributed by atoms with Crippen LogP contribution in [0.1, 0.15) is 36.2 Å². The van der Waals surface area contributed by atoms with Crippen LogP contribution in [-0.2, 0) is 4.84 Å². The third-order valence-electron chi connectivity index (χ3n) is 2.42. The number of aromatic nitrogens is 2. The highest BCUT2D eigenvalue weighted by Gasteiger charge is 2.17. The van der Waals surface area contributed by atoms with Gasteiger partial charge in [0, 0.05) is 12.4 Å². The summed E-state index contributed by atoms with van der Waals surface area (Å²) in [5.74, 6) is -0.338. The molecular weight excluding hydrogens is 194 g/mol. The Morgan fingerprint density at radius 3 is 2.87 bits per heavy atom. The molecular formula is C10H13N3O2. The largest absolute Gasteiger partial charge is 0.295 e. The van der Waals surface area contributed by atoms with E-state index in [0.29, 0.717) is 0 Å². The Labute approximate surface area is 87.8 Å². The topological polar surface area (TPSA) is 64.1 Å². The standard InChI is InChI=1S/C10H13N3O2/c14-10(9-7-11-5-6-12-9)13-15-8-3-1-2-4-8/h5-8H,1-4H2,(H,13,14). The van der Waals surface area contributed by atoms with Crippen molar-refractivity contribution in [2.75, 3.05) is 0 Å². The first-order chi connectivity index (χ1) is 7.36. The summed E-state index contributed by atoms with van der Waals surface area (Å²) in [6.45, 7) is 0. The minimum atomic E-state index is -0.338. The summed E-state index contributed by atoms with van der Waals surface area (Å²) in [5, 5.41) is 0. The number of carbonyl (C=O) groups excluding carboxylic acids is 1. The lowest BCUT2D eigenvalue weighted by Crippen LogP contribution is -2.28. The molecule has 5 heteroatoms. The molecule has 2 rings (SSSR count). The molecule has 0 atom stereocenters. The number of hydrogen-bond donors (Lipinski definition) is 1. The molecule has 0 aromatic carbocycles. The van der Waals surface area contributed by atoms with E-state index in [1.54, 1.807) is 0 Å². The Hall–Kier alpha value is -1.49. The molecule has 0 spiro atoms. The van der Waals surface area contributed by atoms with Crippen molar-refractivity contribution in [3.63, 3.8) is 0 Å². The van der Waals surface area contributed by atoms with Crippen molar-refractivity contribution in [1.82, 2.24) is 15.4 Å². The SMILES string of the molecule is O=C(NOC1CCCC1)c1cnccn1. The lowest BCUT2D eigenvalue weighted by molar-refractivity contribution is -0.0128. The summed E-state index contributed by atoms with van der Waals surface area (Å²) in [6, 6.07) is 0. The molecule has 1 aromatic heterocycles. The van der Waals surface area contributed by atoms with E-state index < -0.39 is 0 Å². The van der Waals surface area contributed by atoms with E-state index in [-0.39, 0.29) is 17.7 Å². The van der Waals surface area contributed by atoms with Gasteiger partial charge in [0.15, 0.2) is 0 Å². The van der Waals surface area contributed by atoms with Gasteiger partial charge in [-0.2, -0.15) is 0 Å². The van der Waals surface area contributed by atoms with E-state index in [4.69, 9.17) is 4.84 Å². The molecule has 1 saturated carbocycles. The zero-order chi connectivity index (χ0) is 10.5. The van der Waals surface area contributed by atoms with E-state index >= 15 is 0 Å². The molecule has 1 fully saturated rings. The number of nitrogens with one attached hydrogen (secondary N) is 1. The number of hydrogen-bond acceptors (Lipinski definition) is 4. The molecule has 0 radical (unpaired) electrons. The maximum Gasteiger partial charge on any atom is 0.295 e. The average molecular weight is 207 g/mol. The first-order valence-corrected chi connectivity index (χ1v) is 5.08. The molecule has 1 heterocycles. The van der Waals surface area contributed by atoms with Gasteiger partial charge < -0.3 is 0 Å². The van der Waals surface area contributed by atoms with Crippen LogP contribution >= 0.6 is 0 Å². The third kappa shape index (κ3) is 2.73. The van der Waals surface area contributed by atoms with Crippen LogP contribution in [-0.4, -0.2) is 22.0 Å². The second-order valence-corrected chi connectivity index (χ2v) is 3.55. The number of carbonyl (C=O) groups is 1. The average Bonchev–Trinajstić information content (AvgIpc) is 2.80. The zero-order valence-electron chi connectivity index (χ0n) is 8.35. The molecule has 1 aromatic rings. The van der Waals surface area contributed by atoms with Gasteiger partial charge in [0.05, 0.1) is 12.3 Å². The maximum atomic E-state index is 11.5. The Morgan fingerprint density at radius 2 is 2.20 bits per heavy atom. The highest BCUT2D eigenvalue weighted by atomic mass is 16.7. The fourth-order valence-electron chi connectivity index (χ4n) is 1.61. The maximum absolute atomic E-state index is 11.5. The van der Waals surface area contributed by atoms with Gasteiger partial charge in [-0.15, -0.1) is 0 Å². The molecule has 0 saturated heterocycles. The zero-order valence-corrected chi connectivity index (χ0v) is 8.35. The molecule has 1 N–H and O–H groups in total. The van der Waals surface area contributed by atoms with Crippen LogP contribution in [0.3, 0.4) is 0 Å². The number of hydroxylamine groups is 1. The number of amides is 1. The van der Waals surface area contributed by atoms with Crippen LogP contribution in [0.4, 0.5) is 0 Å². The Morgan fingerprint density at radius 1 is 1.40 bits per heavy atom. The quantitative estimate of drug-likeness (QED) is 0.753. The van der Waals surface area contributed by atoms with Gasteiger partial charge in [0.25, 0.3) is 5.91 Å². The first-order valence-electron chi connectivity index (χ1n) is 5.08. The summed E-state index contributed by atoms with van der Waals surface area (Å²) in [6.07, 6.45) is 8.94.